The summed E-state index contributed by atoms with van der Waals surface area (Å²) in [5, 5.41) is 1.20. The highest BCUT2D eigenvalue weighted by Gasteiger charge is 2.26. The summed E-state index contributed by atoms with van der Waals surface area (Å²) in [6, 6.07) is 17.1. The average Bonchev–Trinajstić information content (AvgIpc) is 3.12. The predicted octanol–water partition coefficient (Wildman–Crippen LogP) is 6.15. The topological polar surface area (TPSA) is 34.6 Å². The third kappa shape index (κ3) is 4.34. The van der Waals surface area contributed by atoms with Crippen molar-refractivity contribution in [2.24, 2.45) is 0 Å². The van der Waals surface area contributed by atoms with Gasteiger partial charge in [0.2, 0.25) is 5.88 Å². The van der Waals surface area contributed by atoms with Crippen LogP contribution in [0.3, 0.4) is 0 Å². The summed E-state index contributed by atoms with van der Waals surface area (Å²) in [5.74, 6) is 2.01. The number of benzene rings is 2. The Morgan fingerprint density at radius 1 is 1.04 bits per heavy atom. The first-order valence-electron chi connectivity index (χ1n) is 9.15. The molecule has 3 aromatic rings. The molecule has 1 unspecified atom stereocenters. The number of halogens is 2. The molecule has 1 fully saturated rings. The van der Waals surface area contributed by atoms with E-state index in [0.29, 0.717) is 15.9 Å². The molecule has 0 bridgehead atoms. The van der Waals surface area contributed by atoms with Crippen molar-refractivity contribution in [1.82, 2.24) is 4.98 Å². The van der Waals surface area contributed by atoms with E-state index in [1.807, 2.05) is 30.3 Å². The summed E-state index contributed by atoms with van der Waals surface area (Å²) < 4.78 is 11.9. The lowest BCUT2D eigenvalue weighted by Gasteiger charge is -2.21. The minimum atomic E-state index is 0.0641. The van der Waals surface area contributed by atoms with Crippen LogP contribution in [0.2, 0.25) is 10.0 Å². The Hall–Kier alpha value is -2.43. The molecule has 2 heterocycles. The highest BCUT2D eigenvalue weighted by molar-refractivity contribution is 6.31. The van der Waals surface area contributed by atoms with Gasteiger partial charge in [0.05, 0.1) is 6.54 Å². The fourth-order valence-electron chi connectivity index (χ4n) is 3.37. The summed E-state index contributed by atoms with van der Waals surface area (Å²) in [6.07, 6.45) is 2.68. The highest BCUT2D eigenvalue weighted by atomic mass is 35.5. The maximum absolute atomic E-state index is 6.15. The summed E-state index contributed by atoms with van der Waals surface area (Å²) in [7, 11) is 0. The second-order valence-corrected chi connectivity index (χ2v) is 7.62. The lowest BCUT2D eigenvalue weighted by molar-refractivity contribution is 0.216. The number of ether oxygens (including phenoxy) is 2. The van der Waals surface area contributed by atoms with Crippen LogP contribution in [0.5, 0.6) is 17.4 Å². The Labute approximate surface area is 174 Å². The molecule has 0 N–H and O–H groups in total. The molecule has 0 saturated carbocycles. The Morgan fingerprint density at radius 2 is 1.89 bits per heavy atom. The molecule has 1 saturated heterocycles. The number of anilines is 1. The summed E-state index contributed by atoms with van der Waals surface area (Å²) in [4.78, 5) is 6.54. The molecule has 0 aliphatic carbocycles. The normalized spacial score (nSPS) is 16.2. The summed E-state index contributed by atoms with van der Waals surface area (Å²) in [6.45, 7) is 3.80. The second kappa shape index (κ2) is 8.29. The lowest BCUT2D eigenvalue weighted by Crippen LogP contribution is -2.25. The molecular weight excluding hydrogens is 395 g/mol. The van der Waals surface area contributed by atoms with E-state index in [0.717, 1.165) is 36.6 Å². The van der Waals surface area contributed by atoms with E-state index in [2.05, 4.69) is 22.9 Å². The number of aromatic nitrogens is 1. The van der Waals surface area contributed by atoms with Crippen LogP contribution in [0.15, 0.2) is 60.8 Å². The molecule has 28 heavy (non-hydrogen) atoms. The molecule has 4 nitrogen and oxygen atoms in total. The van der Waals surface area contributed by atoms with Crippen LogP contribution in [-0.2, 0) is 0 Å². The van der Waals surface area contributed by atoms with Gasteiger partial charge in [0.25, 0.3) is 0 Å². The number of aryl methyl sites for hydroxylation is 1. The number of nitrogens with zero attached hydrogens (tertiary/aromatic N) is 2. The number of hydrogen-bond acceptors (Lipinski definition) is 4. The average molecular weight is 415 g/mol. The van der Waals surface area contributed by atoms with Crippen LogP contribution in [0, 0.1) is 6.92 Å². The molecule has 0 amide bonds. The zero-order valence-electron chi connectivity index (χ0n) is 15.4. The third-order valence-corrected chi connectivity index (χ3v) is 5.21. The molecule has 1 atom stereocenters. The van der Waals surface area contributed by atoms with Crippen molar-refractivity contribution in [3.8, 4) is 17.4 Å². The Bertz CT molecular complexity index is 980. The predicted molar refractivity (Wildman–Crippen MR) is 113 cm³/mol. The fraction of sp³-hybridized carbons (Fsp3) is 0.227. The Kier molecular flexibility index (Phi) is 5.60. The molecule has 6 heteroatoms. The van der Waals surface area contributed by atoms with Crippen molar-refractivity contribution >= 4 is 28.9 Å². The van der Waals surface area contributed by atoms with Crippen LogP contribution in [0.25, 0.3) is 0 Å². The van der Waals surface area contributed by atoms with Gasteiger partial charge in [-0.05, 0) is 61.0 Å². The van der Waals surface area contributed by atoms with Crippen LogP contribution >= 0.6 is 23.2 Å². The smallest absolute Gasteiger partial charge is 0.232 e. The zero-order chi connectivity index (χ0) is 19.5. The van der Waals surface area contributed by atoms with Crippen molar-refractivity contribution in [3.63, 3.8) is 0 Å². The standard InChI is InChI=1S/C22H20Cl2N2O2/c1-15-12-18(27-17-5-2-4-16(23)13-17)7-8-21(15)26-11-9-19(14-26)28-22-20(24)6-3-10-25-22/h2-8,10,12-13,19H,9,11,14H2,1H3. The molecule has 0 spiro atoms. The Balaban J connectivity index is 1.43. The van der Waals surface area contributed by atoms with Gasteiger partial charge >= 0.3 is 0 Å². The summed E-state index contributed by atoms with van der Waals surface area (Å²) in [5.41, 5.74) is 2.33. The first-order valence-corrected chi connectivity index (χ1v) is 9.90. The summed E-state index contributed by atoms with van der Waals surface area (Å²) >= 11 is 12.2. The Morgan fingerprint density at radius 3 is 2.68 bits per heavy atom. The number of pyridine rings is 1. The van der Waals surface area contributed by atoms with Gasteiger partial charge in [0.1, 0.15) is 22.6 Å². The van der Waals surface area contributed by atoms with Gasteiger partial charge in [0.15, 0.2) is 0 Å². The van der Waals surface area contributed by atoms with Crippen molar-refractivity contribution < 1.29 is 9.47 Å². The van der Waals surface area contributed by atoms with E-state index in [-0.39, 0.29) is 6.10 Å². The lowest BCUT2D eigenvalue weighted by atomic mass is 10.1. The second-order valence-electron chi connectivity index (χ2n) is 6.77. The molecule has 1 aromatic heterocycles. The number of hydrogen-bond donors (Lipinski definition) is 0. The van der Waals surface area contributed by atoms with Gasteiger partial charge in [-0.1, -0.05) is 29.3 Å². The van der Waals surface area contributed by atoms with E-state index >= 15 is 0 Å². The first kappa shape index (κ1) is 18.9. The minimum Gasteiger partial charge on any atom is -0.471 e. The van der Waals surface area contributed by atoms with E-state index in [1.165, 1.54) is 5.69 Å². The van der Waals surface area contributed by atoms with Crippen molar-refractivity contribution in [2.45, 2.75) is 19.4 Å². The van der Waals surface area contributed by atoms with Gasteiger partial charge in [0, 0.05) is 29.9 Å². The maximum atomic E-state index is 6.15. The maximum Gasteiger partial charge on any atom is 0.232 e. The highest BCUT2D eigenvalue weighted by Crippen LogP contribution is 2.32. The van der Waals surface area contributed by atoms with E-state index in [1.54, 1.807) is 24.4 Å². The van der Waals surface area contributed by atoms with E-state index in [4.69, 9.17) is 32.7 Å². The van der Waals surface area contributed by atoms with E-state index < -0.39 is 0 Å². The molecule has 1 aliphatic rings. The SMILES string of the molecule is Cc1cc(Oc2cccc(Cl)c2)ccc1N1CCC(Oc2ncccc2Cl)C1. The number of rotatable bonds is 5. The van der Waals surface area contributed by atoms with Gasteiger partial charge < -0.3 is 14.4 Å². The monoisotopic (exact) mass is 414 g/mol. The van der Waals surface area contributed by atoms with Crippen LogP contribution in [-0.4, -0.2) is 24.2 Å². The van der Waals surface area contributed by atoms with Crippen LogP contribution in [0.4, 0.5) is 5.69 Å². The van der Waals surface area contributed by atoms with Crippen molar-refractivity contribution in [1.29, 1.82) is 0 Å². The molecule has 0 radical (unpaired) electrons. The van der Waals surface area contributed by atoms with E-state index in [9.17, 15) is 0 Å². The van der Waals surface area contributed by atoms with Gasteiger partial charge in [-0.2, -0.15) is 0 Å². The van der Waals surface area contributed by atoms with Gasteiger partial charge in [-0.15, -0.1) is 0 Å². The van der Waals surface area contributed by atoms with Gasteiger partial charge in [-0.25, -0.2) is 4.98 Å². The largest absolute Gasteiger partial charge is 0.471 e. The van der Waals surface area contributed by atoms with Crippen LogP contribution in [0.1, 0.15) is 12.0 Å². The fourth-order valence-corrected chi connectivity index (χ4v) is 3.72. The quantitative estimate of drug-likeness (QED) is 0.501. The molecule has 2 aromatic carbocycles. The van der Waals surface area contributed by atoms with Crippen LogP contribution < -0.4 is 14.4 Å². The van der Waals surface area contributed by atoms with Gasteiger partial charge in [-0.3, -0.25) is 0 Å². The molecule has 1 aliphatic heterocycles. The van der Waals surface area contributed by atoms with Crippen molar-refractivity contribution in [3.05, 3.63) is 76.4 Å². The first-order chi connectivity index (χ1) is 13.6. The molecular formula is C22H20Cl2N2O2. The molecule has 4 rings (SSSR count). The minimum absolute atomic E-state index is 0.0641. The molecule has 144 valence electrons. The third-order valence-electron chi connectivity index (χ3n) is 4.69. The van der Waals surface area contributed by atoms with Crippen molar-refractivity contribution in [2.75, 3.05) is 18.0 Å². The zero-order valence-corrected chi connectivity index (χ0v) is 17.0.